The maximum Gasteiger partial charge on any atom is 0.311 e. The molecule has 0 spiro atoms. The normalized spacial score (nSPS) is 25.1. The van der Waals surface area contributed by atoms with Gasteiger partial charge in [-0.1, -0.05) is 89.7 Å². The number of nitrogens with one attached hydrogen (secondary N) is 7. The Morgan fingerprint density at radius 3 is 1.92 bits per heavy atom. The molecule has 3 aliphatic rings. The molecule has 13 atom stereocenters. The summed E-state index contributed by atoms with van der Waals surface area (Å²) in [4.78, 5) is 168. The van der Waals surface area contributed by atoms with E-state index in [9.17, 15) is 72.9 Å². The minimum absolute atomic E-state index is 0.0174. The number of esters is 1. The third-order valence-corrected chi connectivity index (χ3v) is 18.2. The number of hydrogen-bond donors (Lipinski definition) is 16. The molecule has 3 fully saturated rings. The molecule has 96 heavy (non-hydrogen) atoms. The van der Waals surface area contributed by atoms with Crippen molar-refractivity contribution in [3.8, 4) is 5.75 Å². The summed E-state index contributed by atoms with van der Waals surface area (Å²) in [5, 5.41) is 47.9. The van der Waals surface area contributed by atoms with E-state index in [-0.39, 0.29) is 87.9 Å². The van der Waals surface area contributed by atoms with Crippen molar-refractivity contribution in [1.82, 2.24) is 42.1 Å². The van der Waals surface area contributed by atoms with Gasteiger partial charge in [0.1, 0.15) is 66.4 Å². The van der Waals surface area contributed by atoms with E-state index >= 15 is 0 Å². The van der Waals surface area contributed by atoms with E-state index < -0.39 is 176 Å². The van der Waals surface area contributed by atoms with Crippen LogP contribution in [0.5, 0.6) is 5.75 Å². The number of amides is 11. The maximum absolute atomic E-state index is 14.8. The second kappa shape index (κ2) is 40.4. The number of aliphatic hydroxyl groups excluding tert-OH is 3. The summed E-state index contributed by atoms with van der Waals surface area (Å²) in [5.74, 6) is -11.1. The largest absolute Gasteiger partial charge is 0.427 e. The first-order valence-electron chi connectivity index (χ1n) is 31.7. The Kier molecular flexibility index (Phi) is 33.0. The first kappa shape index (κ1) is 78.5. The van der Waals surface area contributed by atoms with Crippen LogP contribution in [-0.4, -0.2) is 214 Å². The van der Waals surface area contributed by atoms with Gasteiger partial charge >= 0.3 is 5.97 Å². The molecule has 0 aromatic heterocycles. The Balaban J connectivity index is 1.34. The van der Waals surface area contributed by atoms with E-state index in [1.54, 1.807) is 49.4 Å². The van der Waals surface area contributed by atoms with Gasteiger partial charge in [-0.15, -0.1) is 0 Å². The number of primary amides is 3. The summed E-state index contributed by atoms with van der Waals surface area (Å²) in [6.45, 7) is 1.35. The lowest BCUT2D eigenvalue weighted by Crippen LogP contribution is -2.61. The number of carbonyl (C=O) groups is 12. The molecule has 11 amide bonds. The standard InChI is InChI=1S/C61H91N15O18S2/c1-33-49(81)50(82)51(83)60(93-33)92-26-10-5-3-2-4-9-17-48(80)94-36-20-18-35(19-21-36)28-40-56(88)73-41(27-34-13-7-6-8-14-34)55(87)70-39(22-23-45(63)77)54(86)74-42(29-46(64)78)57(89)75-43(32-96-95-31-37(62)52(84)72-40)59(91)76-25-12-16-44(76)58(90)71-38(15-11-24-68-61(66)67)53(85)69-30-47(65)79/h6-8,13-14,18-21,33,37-44,49-51,60,81-83H,2-5,9-12,15-17,22-32,62H2,1H3,(H2,63,77)(H2,64,78)(H2,65,79)(H,69,85)(H,70,87)(H,71,90)(H,72,84)(H,73,88)(H,74,86)(H,75,89)(H4,66,67,68)/t33-,37-,38-,39-,40?,41?,42-,43?,44-,49+,50+,51-,60-/m0/s1. The Bertz CT molecular complexity index is 3010. The van der Waals surface area contributed by atoms with E-state index in [0.717, 1.165) is 47.3 Å². The first-order valence-corrected chi connectivity index (χ1v) is 34.1. The molecule has 35 heteroatoms. The van der Waals surface area contributed by atoms with Crippen LogP contribution in [0.1, 0.15) is 108 Å². The molecule has 2 aromatic rings. The average Bonchev–Trinajstić information content (AvgIpc) is 1.12. The molecule has 3 unspecified atom stereocenters. The molecule has 3 heterocycles. The predicted molar refractivity (Wildman–Crippen MR) is 350 cm³/mol. The summed E-state index contributed by atoms with van der Waals surface area (Å²) in [6.07, 6.45) is -2.87. The van der Waals surface area contributed by atoms with Crippen LogP contribution in [0.25, 0.3) is 0 Å². The summed E-state index contributed by atoms with van der Waals surface area (Å²) < 4.78 is 16.6. The second-order valence-corrected chi connectivity index (χ2v) is 26.0. The molecule has 3 aliphatic heterocycles. The summed E-state index contributed by atoms with van der Waals surface area (Å²) in [6, 6.07) is 2.73. The number of ether oxygens (including phenoxy) is 3. The monoisotopic (exact) mass is 1390 g/mol. The zero-order valence-electron chi connectivity index (χ0n) is 53.4. The highest BCUT2D eigenvalue weighted by molar-refractivity contribution is 8.76. The van der Waals surface area contributed by atoms with Gasteiger partial charge in [-0.3, -0.25) is 62.5 Å². The van der Waals surface area contributed by atoms with Crippen LogP contribution in [0.15, 0.2) is 59.6 Å². The maximum atomic E-state index is 14.8. The van der Waals surface area contributed by atoms with Crippen molar-refractivity contribution in [1.29, 1.82) is 0 Å². The van der Waals surface area contributed by atoms with Gasteiger partial charge < -0.3 is 106 Å². The van der Waals surface area contributed by atoms with E-state index in [4.69, 9.17) is 48.6 Å². The van der Waals surface area contributed by atoms with Gasteiger partial charge in [0.05, 0.1) is 25.1 Å². The Labute approximate surface area is 562 Å². The van der Waals surface area contributed by atoms with Crippen molar-refractivity contribution in [3.63, 3.8) is 0 Å². The molecule has 5 rings (SSSR count). The lowest BCUT2D eigenvalue weighted by molar-refractivity contribution is -0.293. The number of benzene rings is 2. The highest BCUT2D eigenvalue weighted by Gasteiger charge is 2.43. The Hall–Kier alpha value is -8.19. The van der Waals surface area contributed by atoms with Crippen LogP contribution in [-0.2, 0) is 79.8 Å². The number of hydrogen-bond acceptors (Lipinski definition) is 22. The zero-order valence-corrected chi connectivity index (χ0v) is 55.0. The smallest absolute Gasteiger partial charge is 0.311 e. The Morgan fingerprint density at radius 1 is 0.677 bits per heavy atom. The number of unbranched alkanes of at least 4 members (excludes halogenated alkanes) is 5. The molecule has 0 aliphatic carbocycles. The van der Waals surface area contributed by atoms with Crippen molar-refractivity contribution in [2.75, 3.05) is 37.7 Å². The van der Waals surface area contributed by atoms with Crippen LogP contribution < -0.4 is 76.4 Å². The van der Waals surface area contributed by atoms with Crippen molar-refractivity contribution >= 4 is 98.5 Å². The van der Waals surface area contributed by atoms with Crippen molar-refractivity contribution in [2.45, 2.75) is 189 Å². The minimum Gasteiger partial charge on any atom is -0.427 e. The zero-order chi connectivity index (χ0) is 70.4. The third-order valence-electron chi connectivity index (χ3n) is 15.7. The first-order chi connectivity index (χ1) is 45.7. The van der Waals surface area contributed by atoms with Crippen LogP contribution in [0.2, 0.25) is 0 Å². The van der Waals surface area contributed by atoms with E-state index in [1.165, 1.54) is 17.0 Å². The van der Waals surface area contributed by atoms with Crippen LogP contribution in [0, 0.1) is 0 Å². The van der Waals surface area contributed by atoms with Gasteiger partial charge in [0, 0.05) is 56.9 Å². The van der Waals surface area contributed by atoms with Gasteiger partial charge in [-0.2, -0.15) is 0 Å². The summed E-state index contributed by atoms with van der Waals surface area (Å²) in [5.41, 5.74) is 34.7. The highest BCUT2D eigenvalue weighted by atomic mass is 33.1. The molecule has 3 saturated heterocycles. The summed E-state index contributed by atoms with van der Waals surface area (Å²) >= 11 is 0. The predicted octanol–water partition coefficient (Wildman–Crippen LogP) is -4.63. The van der Waals surface area contributed by atoms with E-state index in [1.807, 2.05) is 0 Å². The third kappa shape index (κ3) is 26.8. The number of nitrogens with two attached hydrogens (primary N) is 6. The van der Waals surface area contributed by atoms with Gasteiger partial charge in [0.15, 0.2) is 12.2 Å². The molecular weight excluding hydrogens is 1290 g/mol. The minimum atomic E-state index is -1.83. The fraction of sp³-hybridized carbons (Fsp3) is 0.590. The topological polar surface area (TPSA) is 549 Å². The summed E-state index contributed by atoms with van der Waals surface area (Å²) in [7, 11) is 1.96. The molecule has 0 saturated carbocycles. The average molecular weight is 1390 g/mol. The number of nitrogens with zero attached hydrogens (tertiary/aromatic N) is 2. The number of guanidine groups is 1. The highest BCUT2D eigenvalue weighted by Crippen LogP contribution is 2.27. The van der Waals surface area contributed by atoms with E-state index in [0.29, 0.717) is 24.0 Å². The number of carbonyl (C=O) groups excluding carboxylic acids is 12. The molecule has 0 bridgehead atoms. The van der Waals surface area contributed by atoms with Crippen LogP contribution in [0.4, 0.5) is 0 Å². The van der Waals surface area contributed by atoms with Crippen molar-refractivity contribution in [3.05, 3.63) is 65.7 Å². The van der Waals surface area contributed by atoms with Gasteiger partial charge in [0.2, 0.25) is 65.0 Å². The fourth-order valence-electron chi connectivity index (χ4n) is 10.5. The van der Waals surface area contributed by atoms with Crippen molar-refractivity contribution in [2.24, 2.45) is 39.4 Å². The molecule has 2 aromatic carbocycles. The lowest BCUT2D eigenvalue weighted by Gasteiger charge is -2.38. The second-order valence-electron chi connectivity index (χ2n) is 23.5. The molecule has 0 radical (unpaired) electrons. The number of aliphatic hydroxyl groups is 3. The molecular formula is C61H91N15O18S2. The van der Waals surface area contributed by atoms with Gasteiger partial charge in [-0.25, -0.2) is 0 Å². The molecule has 22 N–H and O–H groups in total. The van der Waals surface area contributed by atoms with Crippen molar-refractivity contribution < 1.29 is 87.1 Å². The quantitative estimate of drug-likeness (QED) is 0.00873. The van der Waals surface area contributed by atoms with Crippen LogP contribution >= 0.6 is 21.6 Å². The molecule has 33 nitrogen and oxygen atoms in total. The SMILES string of the molecule is C[C@@H]1O[C@H](OCCCCCCCCC(=O)Oc2ccc(CC3NC(=O)[C@@H](N)CSSCC(C(=O)N4CCC[C@H]4C(=O)N[C@@H](CCCN=C(N)N)C(=O)NCC(N)=O)NC(=O)[C@H](CC(N)=O)NC(=O)[C@H](CCC(N)=O)NC(=O)C(Cc4ccccc4)NC3=O)cc2)[C@@H](O)[C@H](O)[C@@H]1O. The molecule has 530 valence electrons. The van der Waals surface area contributed by atoms with Gasteiger partial charge in [-0.05, 0) is 75.1 Å². The van der Waals surface area contributed by atoms with Gasteiger partial charge in [0.25, 0.3) is 0 Å². The number of likely N-dealkylation sites (tertiary alicyclic amines) is 1. The fourth-order valence-corrected chi connectivity index (χ4v) is 12.7. The Morgan fingerprint density at radius 2 is 1.27 bits per heavy atom. The van der Waals surface area contributed by atoms with E-state index in [2.05, 4.69) is 42.2 Å². The number of rotatable bonds is 30. The van der Waals surface area contributed by atoms with Crippen LogP contribution in [0.3, 0.4) is 0 Å². The number of aliphatic imine (C=N–C) groups is 1. The lowest BCUT2D eigenvalue weighted by atomic mass is 10.00.